The van der Waals surface area contributed by atoms with Gasteiger partial charge in [-0.3, -0.25) is 9.59 Å². The molecule has 6 heteroatoms. The zero-order valence-electron chi connectivity index (χ0n) is 15.0. The minimum Gasteiger partial charge on any atom is -0.321 e. The maximum absolute atomic E-state index is 12.5. The largest absolute Gasteiger partial charge is 0.321 e. The third-order valence-electron chi connectivity index (χ3n) is 5.46. The Morgan fingerprint density at radius 1 is 1.27 bits per heavy atom. The number of hydrogen-bond donors (Lipinski definition) is 2. The maximum Gasteiger partial charge on any atom is 0.279 e. The first-order chi connectivity index (χ1) is 12.6. The number of benzene rings is 1. The average Bonchev–Trinajstić information content (AvgIpc) is 3.27. The zero-order valence-corrected chi connectivity index (χ0v) is 15.8. The average molecular weight is 370 g/mol. The Bertz CT molecular complexity index is 815. The van der Waals surface area contributed by atoms with E-state index in [4.69, 9.17) is 0 Å². The van der Waals surface area contributed by atoms with Gasteiger partial charge in [0, 0.05) is 41.2 Å². The van der Waals surface area contributed by atoms with Crippen LogP contribution in [0.2, 0.25) is 0 Å². The Labute approximate surface area is 157 Å². The fraction of sp³-hybridized carbons (Fsp3) is 0.400. The summed E-state index contributed by atoms with van der Waals surface area (Å²) >= 11 is 1.82. The Morgan fingerprint density at radius 2 is 2.08 bits per heavy atom. The van der Waals surface area contributed by atoms with Gasteiger partial charge in [0.1, 0.15) is 6.04 Å². The number of nitrogens with one attached hydrogen (secondary N) is 2. The van der Waals surface area contributed by atoms with Crippen LogP contribution in [0.1, 0.15) is 36.2 Å². The molecule has 0 radical (unpaired) electrons. The molecule has 2 aliphatic heterocycles. The van der Waals surface area contributed by atoms with Crippen LogP contribution < -0.4 is 15.1 Å². The molecule has 0 bridgehead atoms. The van der Waals surface area contributed by atoms with Crippen molar-refractivity contribution in [2.45, 2.75) is 32.2 Å². The lowest BCUT2D eigenvalue weighted by molar-refractivity contribution is -0.923. The third kappa shape index (κ3) is 3.39. The number of anilines is 2. The summed E-state index contributed by atoms with van der Waals surface area (Å²) in [6.45, 7) is 4.46. The molecule has 1 aromatic heterocycles. The molecule has 0 saturated carbocycles. The van der Waals surface area contributed by atoms with Crippen molar-refractivity contribution < 1.29 is 14.5 Å². The van der Waals surface area contributed by atoms with E-state index in [0.29, 0.717) is 19.0 Å². The highest BCUT2D eigenvalue weighted by Crippen LogP contribution is 2.25. The summed E-state index contributed by atoms with van der Waals surface area (Å²) in [5.41, 5.74) is 3.08. The van der Waals surface area contributed by atoms with Gasteiger partial charge in [0.25, 0.3) is 5.91 Å². The molecule has 2 aliphatic rings. The second-order valence-electron chi connectivity index (χ2n) is 7.10. The van der Waals surface area contributed by atoms with Gasteiger partial charge in [-0.05, 0) is 49.1 Å². The van der Waals surface area contributed by atoms with Crippen LogP contribution >= 0.6 is 11.3 Å². The maximum atomic E-state index is 12.5. The van der Waals surface area contributed by atoms with Gasteiger partial charge in [0.05, 0.1) is 6.54 Å². The van der Waals surface area contributed by atoms with Crippen molar-refractivity contribution in [3.8, 4) is 0 Å². The van der Waals surface area contributed by atoms with E-state index in [9.17, 15) is 9.59 Å². The van der Waals surface area contributed by atoms with Crippen molar-refractivity contribution in [2.24, 2.45) is 0 Å². The molecule has 3 heterocycles. The number of hydrogen-bond acceptors (Lipinski definition) is 3. The lowest BCUT2D eigenvalue weighted by atomic mass is 10.0. The molecule has 136 valence electrons. The number of thiophene rings is 1. The molecule has 0 spiro atoms. The molecule has 1 unspecified atom stereocenters. The summed E-state index contributed by atoms with van der Waals surface area (Å²) in [5.74, 6) is 0.216. The monoisotopic (exact) mass is 370 g/mol. The highest BCUT2D eigenvalue weighted by atomic mass is 32.1. The van der Waals surface area contributed by atoms with E-state index in [-0.39, 0.29) is 11.8 Å². The minimum absolute atomic E-state index is 0.0375. The van der Waals surface area contributed by atoms with E-state index in [1.54, 1.807) is 0 Å². The molecule has 2 aromatic rings. The van der Waals surface area contributed by atoms with Crippen LogP contribution in [0, 0.1) is 0 Å². The Kier molecular flexibility index (Phi) is 4.78. The predicted molar refractivity (Wildman–Crippen MR) is 104 cm³/mol. The molecule has 2 amide bonds. The van der Waals surface area contributed by atoms with Crippen LogP contribution in [0.15, 0.2) is 35.7 Å². The van der Waals surface area contributed by atoms with Gasteiger partial charge in [-0.1, -0.05) is 0 Å². The van der Waals surface area contributed by atoms with Gasteiger partial charge in [-0.25, -0.2) is 0 Å². The van der Waals surface area contributed by atoms with E-state index < -0.39 is 0 Å². The van der Waals surface area contributed by atoms with E-state index in [2.05, 4.69) is 23.7 Å². The number of quaternary nitrogens is 1. The highest BCUT2D eigenvalue weighted by molar-refractivity contribution is 7.10. The number of nitrogens with zero attached hydrogens (tertiary/aromatic N) is 1. The highest BCUT2D eigenvalue weighted by Gasteiger charge is 2.29. The van der Waals surface area contributed by atoms with Crippen LogP contribution in [0.5, 0.6) is 0 Å². The van der Waals surface area contributed by atoms with Crippen molar-refractivity contribution in [3.63, 3.8) is 0 Å². The van der Waals surface area contributed by atoms with Crippen LogP contribution in [-0.2, 0) is 16.0 Å². The fourth-order valence-corrected chi connectivity index (χ4v) is 4.93. The van der Waals surface area contributed by atoms with Crippen molar-refractivity contribution in [1.29, 1.82) is 0 Å². The summed E-state index contributed by atoms with van der Waals surface area (Å²) in [6, 6.07) is 10.1. The fourth-order valence-electron chi connectivity index (χ4n) is 3.95. The molecule has 1 saturated heterocycles. The van der Waals surface area contributed by atoms with Gasteiger partial charge in [0.15, 0.2) is 6.54 Å². The van der Waals surface area contributed by atoms with E-state index in [1.807, 2.05) is 40.5 Å². The number of amides is 2. The van der Waals surface area contributed by atoms with Gasteiger partial charge < -0.3 is 15.1 Å². The molecule has 1 aromatic carbocycles. The van der Waals surface area contributed by atoms with Crippen molar-refractivity contribution >= 4 is 34.5 Å². The van der Waals surface area contributed by atoms with Crippen LogP contribution in [0.3, 0.4) is 0 Å². The SMILES string of the molecule is C[C@@H]1c2ccsc2CC[NH+]1CC(=O)Nc1ccc(N2CCCC2=O)cc1. The first-order valence-electron chi connectivity index (χ1n) is 9.23. The summed E-state index contributed by atoms with van der Waals surface area (Å²) in [4.78, 5) is 28.9. The molecule has 26 heavy (non-hydrogen) atoms. The molecule has 2 N–H and O–H groups in total. The molecule has 2 atom stereocenters. The molecule has 0 aliphatic carbocycles. The van der Waals surface area contributed by atoms with Crippen molar-refractivity contribution in [1.82, 2.24) is 0 Å². The molecular formula is C20H24N3O2S+. The summed E-state index contributed by atoms with van der Waals surface area (Å²) in [7, 11) is 0. The van der Waals surface area contributed by atoms with Crippen LogP contribution in [0.25, 0.3) is 0 Å². The summed E-state index contributed by atoms with van der Waals surface area (Å²) in [5, 5.41) is 5.15. The zero-order chi connectivity index (χ0) is 18.1. The van der Waals surface area contributed by atoms with E-state index in [1.165, 1.54) is 15.3 Å². The molecular weight excluding hydrogens is 346 g/mol. The van der Waals surface area contributed by atoms with Gasteiger partial charge in [-0.15, -0.1) is 11.3 Å². The first-order valence-corrected chi connectivity index (χ1v) is 10.1. The quantitative estimate of drug-likeness (QED) is 0.865. The second-order valence-corrected chi connectivity index (χ2v) is 8.10. The van der Waals surface area contributed by atoms with Gasteiger partial charge in [-0.2, -0.15) is 0 Å². The third-order valence-corrected chi connectivity index (χ3v) is 6.45. The van der Waals surface area contributed by atoms with Crippen LogP contribution in [-0.4, -0.2) is 31.4 Å². The number of fused-ring (bicyclic) bond motifs is 1. The van der Waals surface area contributed by atoms with Crippen molar-refractivity contribution in [3.05, 3.63) is 46.2 Å². The van der Waals surface area contributed by atoms with E-state index in [0.717, 1.165) is 37.3 Å². The lowest BCUT2D eigenvalue weighted by Gasteiger charge is -2.29. The van der Waals surface area contributed by atoms with Gasteiger partial charge in [0.2, 0.25) is 5.91 Å². The molecule has 4 rings (SSSR count). The van der Waals surface area contributed by atoms with Crippen molar-refractivity contribution in [2.75, 3.05) is 29.9 Å². The number of carbonyl (C=O) groups is 2. The van der Waals surface area contributed by atoms with Gasteiger partial charge >= 0.3 is 0 Å². The smallest absolute Gasteiger partial charge is 0.279 e. The second kappa shape index (κ2) is 7.21. The lowest BCUT2D eigenvalue weighted by Crippen LogP contribution is -3.14. The number of rotatable bonds is 4. The predicted octanol–water partition coefficient (Wildman–Crippen LogP) is 2.02. The Hall–Kier alpha value is -2.18. The summed E-state index contributed by atoms with van der Waals surface area (Å²) in [6.07, 6.45) is 2.60. The van der Waals surface area contributed by atoms with E-state index >= 15 is 0 Å². The summed E-state index contributed by atoms with van der Waals surface area (Å²) < 4.78 is 0. The Balaban J connectivity index is 1.36. The minimum atomic E-state index is 0.0375. The standard InChI is InChI=1S/C20H23N3O2S/c1-14-17-9-12-26-18(17)8-11-22(14)13-19(24)21-15-4-6-16(7-5-15)23-10-2-3-20(23)25/h4-7,9,12,14H,2-3,8,10-11,13H2,1H3,(H,21,24)/p+1/t14-/m1/s1. The normalized spacial score (nSPS) is 22.3. The first kappa shape index (κ1) is 17.2. The Morgan fingerprint density at radius 3 is 2.81 bits per heavy atom. The molecule has 5 nitrogen and oxygen atoms in total. The number of carbonyl (C=O) groups excluding carboxylic acids is 2. The topological polar surface area (TPSA) is 53.9 Å². The molecule has 1 fully saturated rings. The van der Waals surface area contributed by atoms with Crippen LogP contribution in [0.4, 0.5) is 11.4 Å².